The Balaban J connectivity index is 5.08. The zero-order valence-corrected chi connectivity index (χ0v) is 11.4. The van der Waals surface area contributed by atoms with Crippen molar-refractivity contribution in [1.82, 2.24) is 0 Å². The average Bonchev–Trinajstić information content (AvgIpc) is 2.40. The Morgan fingerprint density at radius 1 is 1.20 bits per heavy atom. The molecule has 120 valence electrons. The molecular formula is C6H14O12P2. The summed E-state index contributed by atoms with van der Waals surface area (Å²) in [5.74, 6) is 0. The minimum Gasteiger partial charge on any atom is -0.394 e. The van der Waals surface area contributed by atoms with Gasteiger partial charge in [-0.15, -0.1) is 0 Å². The van der Waals surface area contributed by atoms with E-state index in [0.717, 1.165) is 0 Å². The Morgan fingerprint density at radius 3 is 2.10 bits per heavy atom. The van der Waals surface area contributed by atoms with Crippen LogP contribution in [-0.4, -0.2) is 73.8 Å². The van der Waals surface area contributed by atoms with Gasteiger partial charge in [-0.1, -0.05) is 0 Å². The van der Waals surface area contributed by atoms with Crippen molar-refractivity contribution in [2.24, 2.45) is 0 Å². The van der Waals surface area contributed by atoms with Gasteiger partial charge in [0.25, 0.3) is 0 Å². The van der Waals surface area contributed by atoms with E-state index in [2.05, 4.69) is 13.7 Å². The molecule has 0 saturated heterocycles. The van der Waals surface area contributed by atoms with Gasteiger partial charge in [-0.25, -0.2) is 9.13 Å². The smallest absolute Gasteiger partial charge is 0.394 e. The molecule has 0 aromatic heterocycles. The molecule has 0 aromatic carbocycles. The van der Waals surface area contributed by atoms with Gasteiger partial charge in [0.05, 0.1) is 6.61 Å². The van der Waals surface area contributed by atoms with E-state index in [4.69, 9.17) is 21.4 Å². The summed E-state index contributed by atoms with van der Waals surface area (Å²) in [7, 11) is -10.7. The second-order valence-electron chi connectivity index (χ2n) is 3.46. The molecule has 0 rings (SSSR count). The van der Waals surface area contributed by atoms with E-state index in [9.17, 15) is 24.1 Å². The van der Waals surface area contributed by atoms with Crippen molar-refractivity contribution in [3.05, 3.63) is 0 Å². The summed E-state index contributed by atoms with van der Waals surface area (Å²) in [4.78, 5) is 30.9. The van der Waals surface area contributed by atoms with E-state index in [1.165, 1.54) is 0 Å². The highest BCUT2D eigenvalue weighted by Gasteiger charge is 2.40. The largest absolute Gasteiger partial charge is 0.481 e. The highest BCUT2D eigenvalue weighted by Crippen LogP contribution is 2.58. The summed E-state index contributed by atoms with van der Waals surface area (Å²) < 4.78 is 36.1. The Labute approximate surface area is 113 Å². The lowest BCUT2D eigenvalue weighted by Crippen LogP contribution is -2.47. The third kappa shape index (κ3) is 6.97. The number of carbonyl (C=O) groups excluding carboxylic acids is 1. The summed E-state index contributed by atoms with van der Waals surface area (Å²) >= 11 is 0. The molecule has 0 heterocycles. The topological polar surface area (TPSA) is 211 Å². The number of hydrogen-bond acceptors (Lipinski definition) is 10. The average molecular weight is 341 g/mol. The van der Waals surface area contributed by atoms with Crippen LogP contribution in [-0.2, 0) is 22.8 Å². The van der Waals surface area contributed by atoms with Crippen molar-refractivity contribution < 1.29 is 57.9 Å². The standard InChI is InChI=1S/C6H14O12P2/c7-1-3(9)5(10)6(11)4(2-8)17-20(15,16)18-19(12,13)14/h2-7,9-11H,1H2,(H,15,16)(H2,12,13,14)/t3-,4+,5+,6-/m1/s1/i/hD. The predicted molar refractivity (Wildman–Crippen MR) is 59.0 cm³/mol. The number of aldehydes is 1. The van der Waals surface area contributed by atoms with Gasteiger partial charge < -0.3 is 39.9 Å². The second kappa shape index (κ2) is 7.69. The lowest BCUT2D eigenvalue weighted by Gasteiger charge is -2.26. The van der Waals surface area contributed by atoms with E-state index < -0.39 is 46.7 Å². The quantitative estimate of drug-likeness (QED) is 0.155. The monoisotopic (exact) mass is 341 g/mol. The molecule has 0 fully saturated rings. The van der Waals surface area contributed by atoms with Crippen molar-refractivity contribution >= 4 is 21.9 Å². The van der Waals surface area contributed by atoms with Crippen molar-refractivity contribution in [2.75, 3.05) is 6.61 Å². The molecule has 0 aliphatic carbocycles. The number of phosphoric ester groups is 1. The maximum Gasteiger partial charge on any atom is 0.481 e. The first kappa shape index (κ1) is 17.8. The fourth-order valence-electron chi connectivity index (χ4n) is 0.996. The van der Waals surface area contributed by atoms with Crippen LogP contribution in [0.3, 0.4) is 0 Å². The van der Waals surface area contributed by atoms with Crippen molar-refractivity contribution in [1.29, 1.82) is 1.43 Å². The maximum absolute atomic E-state index is 11.5. The molecule has 0 bridgehead atoms. The highest BCUT2D eigenvalue weighted by molar-refractivity contribution is 7.60. The minimum atomic E-state index is -5.43. The lowest BCUT2D eigenvalue weighted by atomic mass is 10.0. The van der Waals surface area contributed by atoms with Gasteiger partial charge in [-0.2, -0.15) is 4.31 Å². The van der Waals surface area contributed by atoms with Crippen LogP contribution in [0.15, 0.2) is 0 Å². The molecule has 0 aliphatic rings. The van der Waals surface area contributed by atoms with Gasteiger partial charge in [-0.05, 0) is 0 Å². The van der Waals surface area contributed by atoms with Crippen LogP contribution in [0.2, 0.25) is 0 Å². The van der Waals surface area contributed by atoms with Crippen LogP contribution in [0.1, 0.15) is 0 Å². The van der Waals surface area contributed by atoms with E-state index >= 15 is 0 Å². The molecule has 0 spiro atoms. The zero-order valence-electron chi connectivity index (χ0n) is 10.6. The molecule has 0 amide bonds. The summed E-state index contributed by atoms with van der Waals surface area (Å²) in [6, 6.07) is 0. The van der Waals surface area contributed by atoms with E-state index in [-0.39, 0.29) is 6.29 Å². The molecular weight excluding hydrogens is 326 g/mol. The number of rotatable bonds is 10. The molecule has 14 heteroatoms. The Morgan fingerprint density at radius 2 is 1.75 bits per heavy atom. The fraction of sp³-hybridized carbons (Fsp3) is 0.833. The first-order valence-corrected chi connectivity index (χ1v) is 7.79. The van der Waals surface area contributed by atoms with Crippen molar-refractivity contribution in [2.45, 2.75) is 24.4 Å². The number of aliphatic hydroxyl groups excluding tert-OH is 4. The highest BCUT2D eigenvalue weighted by atomic mass is 31.3. The molecule has 12 nitrogen and oxygen atoms in total. The third-order valence-corrected chi connectivity index (χ3v) is 4.01. The van der Waals surface area contributed by atoms with Gasteiger partial charge in [0.15, 0.2) is 12.4 Å². The van der Waals surface area contributed by atoms with E-state index in [0.29, 0.717) is 0 Å². The first-order valence-electron chi connectivity index (χ1n) is 5.21. The van der Waals surface area contributed by atoms with Crippen molar-refractivity contribution in [3.8, 4) is 0 Å². The Kier molecular flexibility index (Phi) is 6.85. The first-order chi connectivity index (χ1) is 9.49. The molecule has 0 aromatic rings. The number of aliphatic hydroxyl groups is 4. The normalized spacial score (nSPS) is 22.2. The van der Waals surface area contributed by atoms with Crippen LogP contribution >= 0.6 is 15.6 Å². The Hall–Kier alpha value is -0.230. The van der Waals surface area contributed by atoms with Gasteiger partial charge in [0.1, 0.15) is 18.3 Å². The summed E-state index contributed by atoms with van der Waals surface area (Å²) in [5.41, 5.74) is 0. The zero-order chi connectivity index (χ0) is 16.8. The van der Waals surface area contributed by atoms with Gasteiger partial charge in [0, 0.05) is 0 Å². The van der Waals surface area contributed by atoms with E-state index in [1.807, 2.05) is 0 Å². The van der Waals surface area contributed by atoms with E-state index in [1.54, 1.807) is 0 Å². The van der Waals surface area contributed by atoms with Gasteiger partial charge in [0.2, 0.25) is 1.43 Å². The van der Waals surface area contributed by atoms with Crippen LogP contribution < -0.4 is 0 Å². The van der Waals surface area contributed by atoms with Crippen LogP contribution in [0.25, 0.3) is 0 Å². The summed E-state index contributed by atoms with van der Waals surface area (Å²) in [6.45, 7) is -1.00. The van der Waals surface area contributed by atoms with Crippen molar-refractivity contribution in [3.63, 3.8) is 0 Å². The second-order valence-corrected chi connectivity index (χ2v) is 6.20. The molecule has 5 atom stereocenters. The lowest BCUT2D eigenvalue weighted by molar-refractivity contribution is -0.134. The van der Waals surface area contributed by atoms with Crippen LogP contribution in [0.4, 0.5) is 0 Å². The fourth-order valence-corrected chi connectivity index (χ4v) is 2.66. The third-order valence-electron chi connectivity index (χ3n) is 1.86. The van der Waals surface area contributed by atoms with Gasteiger partial charge >= 0.3 is 15.6 Å². The molecule has 20 heavy (non-hydrogen) atoms. The number of hydrogen-bond donors (Lipinski definition) is 7. The molecule has 0 aliphatic heterocycles. The molecule has 1 unspecified atom stereocenters. The Bertz CT molecular complexity index is 424. The van der Waals surface area contributed by atoms with Crippen LogP contribution in [0, 0.1) is 0 Å². The van der Waals surface area contributed by atoms with Gasteiger partial charge in [-0.3, -0.25) is 4.52 Å². The molecule has 0 saturated carbocycles. The number of phosphoric acid groups is 2. The predicted octanol–water partition coefficient (Wildman–Crippen LogP) is -3.14. The maximum atomic E-state index is 11.5. The molecule has 7 N–H and O–H groups in total. The minimum absolute atomic E-state index is 0.257. The summed E-state index contributed by atoms with van der Waals surface area (Å²) in [6.07, 6.45) is -8.81. The van der Waals surface area contributed by atoms with Crippen LogP contribution in [0.5, 0.6) is 0 Å². The molecule has 0 radical (unpaired) electrons. The SMILES string of the molecule is [2H]OP(=O)(O[C@@H](C=O)[C@@H](O)[C@@H](O)[C@H](O)CO)OP(=O)(O)O. The number of carbonyl (C=O) groups is 1. The summed E-state index contributed by atoms with van der Waals surface area (Å²) in [5, 5.41) is 36.4.